The Kier molecular flexibility index (Phi) is 3.43. The van der Waals surface area contributed by atoms with Crippen LogP contribution >= 0.6 is 11.6 Å². The molecule has 86 valence electrons. The summed E-state index contributed by atoms with van der Waals surface area (Å²) < 4.78 is 10.6. The third-order valence-electron chi connectivity index (χ3n) is 2.40. The summed E-state index contributed by atoms with van der Waals surface area (Å²) >= 11 is 5.76. The van der Waals surface area contributed by atoms with Crippen molar-refractivity contribution in [3.8, 4) is 0 Å². The highest BCUT2D eigenvalue weighted by Gasteiger charge is 2.34. The number of ether oxygens (including phenoxy) is 2. The van der Waals surface area contributed by atoms with Gasteiger partial charge in [0.1, 0.15) is 6.10 Å². The molecule has 0 unspecified atom stereocenters. The van der Waals surface area contributed by atoms with E-state index in [4.69, 9.17) is 26.2 Å². The molecule has 0 radical (unpaired) electrons. The van der Waals surface area contributed by atoms with Gasteiger partial charge in [0.15, 0.2) is 6.10 Å². The van der Waals surface area contributed by atoms with Gasteiger partial charge < -0.3 is 14.6 Å². The largest absolute Gasteiger partial charge is 0.479 e. The van der Waals surface area contributed by atoms with Crippen LogP contribution in [0, 0.1) is 0 Å². The second-order valence-corrected chi connectivity index (χ2v) is 3.91. The second kappa shape index (κ2) is 4.82. The molecule has 0 amide bonds. The lowest BCUT2D eigenvalue weighted by Crippen LogP contribution is -2.38. The van der Waals surface area contributed by atoms with Crippen LogP contribution in [-0.2, 0) is 14.3 Å². The lowest BCUT2D eigenvalue weighted by Gasteiger charge is -2.29. The quantitative estimate of drug-likeness (QED) is 0.860. The molecule has 1 aliphatic rings. The fourth-order valence-corrected chi connectivity index (χ4v) is 1.78. The van der Waals surface area contributed by atoms with E-state index in [1.807, 2.05) is 0 Å². The van der Waals surface area contributed by atoms with Gasteiger partial charge in [-0.15, -0.1) is 0 Å². The number of hydrogen-bond donors (Lipinski definition) is 1. The van der Waals surface area contributed by atoms with Crippen molar-refractivity contribution in [2.75, 3.05) is 13.2 Å². The summed E-state index contributed by atoms with van der Waals surface area (Å²) in [5.41, 5.74) is 0.761. The van der Waals surface area contributed by atoms with E-state index in [1.54, 1.807) is 24.3 Å². The van der Waals surface area contributed by atoms with E-state index in [0.717, 1.165) is 5.56 Å². The number of carboxylic acids is 1. The minimum atomic E-state index is -1.01. The fraction of sp³-hybridized carbons (Fsp3) is 0.364. The topological polar surface area (TPSA) is 55.8 Å². The van der Waals surface area contributed by atoms with Gasteiger partial charge in [0.2, 0.25) is 0 Å². The van der Waals surface area contributed by atoms with E-state index < -0.39 is 18.2 Å². The Morgan fingerprint density at radius 2 is 1.88 bits per heavy atom. The number of carboxylic acid groups (broad SMARTS) is 1. The molecule has 16 heavy (non-hydrogen) atoms. The van der Waals surface area contributed by atoms with Crippen molar-refractivity contribution in [3.63, 3.8) is 0 Å². The minimum absolute atomic E-state index is 0.307. The van der Waals surface area contributed by atoms with E-state index in [-0.39, 0.29) is 0 Å². The number of carbonyl (C=O) groups is 1. The molecular formula is C11H11ClO4. The maximum atomic E-state index is 11.0. The number of hydrogen-bond acceptors (Lipinski definition) is 3. The van der Waals surface area contributed by atoms with Crippen molar-refractivity contribution in [1.29, 1.82) is 0 Å². The van der Waals surface area contributed by atoms with Crippen LogP contribution in [0.25, 0.3) is 0 Å². The summed E-state index contributed by atoms with van der Waals surface area (Å²) in [5.74, 6) is -1.01. The van der Waals surface area contributed by atoms with Gasteiger partial charge in [-0.25, -0.2) is 4.79 Å². The third-order valence-corrected chi connectivity index (χ3v) is 2.65. The fourth-order valence-electron chi connectivity index (χ4n) is 1.65. The van der Waals surface area contributed by atoms with Crippen LogP contribution in [0.1, 0.15) is 11.7 Å². The zero-order valence-corrected chi connectivity index (χ0v) is 9.18. The predicted molar refractivity (Wildman–Crippen MR) is 57.5 cm³/mol. The van der Waals surface area contributed by atoms with Gasteiger partial charge in [-0.1, -0.05) is 23.7 Å². The number of aliphatic carboxylic acids is 1. The van der Waals surface area contributed by atoms with Crippen molar-refractivity contribution in [3.05, 3.63) is 34.9 Å². The van der Waals surface area contributed by atoms with Crippen LogP contribution < -0.4 is 0 Å². The van der Waals surface area contributed by atoms with E-state index in [2.05, 4.69) is 0 Å². The maximum absolute atomic E-state index is 11.0. The molecule has 2 atom stereocenters. The first-order valence-electron chi connectivity index (χ1n) is 4.90. The van der Waals surface area contributed by atoms with Crippen molar-refractivity contribution in [2.45, 2.75) is 12.2 Å². The average Bonchev–Trinajstić information content (AvgIpc) is 2.30. The number of halogens is 1. The highest BCUT2D eigenvalue weighted by molar-refractivity contribution is 6.30. The molecule has 1 aromatic carbocycles. The molecule has 0 aromatic heterocycles. The van der Waals surface area contributed by atoms with Crippen molar-refractivity contribution in [1.82, 2.24) is 0 Å². The highest BCUT2D eigenvalue weighted by Crippen LogP contribution is 2.27. The first kappa shape index (κ1) is 11.4. The van der Waals surface area contributed by atoms with Crippen LogP contribution in [0.2, 0.25) is 5.02 Å². The molecule has 1 saturated heterocycles. The van der Waals surface area contributed by atoms with Gasteiger partial charge in [-0.05, 0) is 17.7 Å². The third kappa shape index (κ3) is 2.35. The SMILES string of the molecule is O=C(O)[C@H]1OCCO[C@H]1c1ccc(Cl)cc1. The summed E-state index contributed by atoms with van der Waals surface area (Å²) in [7, 11) is 0. The summed E-state index contributed by atoms with van der Waals surface area (Å²) in [4.78, 5) is 11.0. The Labute approximate surface area is 97.7 Å². The molecular weight excluding hydrogens is 232 g/mol. The molecule has 0 spiro atoms. The Bertz CT molecular complexity index is 376. The minimum Gasteiger partial charge on any atom is -0.479 e. The molecule has 1 aliphatic heterocycles. The average molecular weight is 243 g/mol. The van der Waals surface area contributed by atoms with Gasteiger partial charge in [-0.3, -0.25) is 0 Å². The van der Waals surface area contributed by atoms with Gasteiger partial charge in [0.25, 0.3) is 0 Å². The normalized spacial score (nSPS) is 25.3. The Morgan fingerprint density at radius 3 is 2.50 bits per heavy atom. The Morgan fingerprint density at radius 1 is 1.25 bits per heavy atom. The van der Waals surface area contributed by atoms with Crippen LogP contribution in [0.3, 0.4) is 0 Å². The van der Waals surface area contributed by atoms with Gasteiger partial charge in [0, 0.05) is 5.02 Å². The molecule has 2 rings (SSSR count). The van der Waals surface area contributed by atoms with Crippen LogP contribution in [0.5, 0.6) is 0 Å². The molecule has 0 bridgehead atoms. The first-order valence-corrected chi connectivity index (χ1v) is 5.28. The van der Waals surface area contributed by atoms with E-state index in [1.165, 1.54) is 0 Å². The van der Waals surface area contributed by atoms with Crippen molar-refractivity contribution >= 4 is 17.6 Å². The Balaban J connectivity index is 2.23. The number of benzene rings is 1. The molecule has 4 nitrogen and oxygen atoms in total. The predicted octanol–water partition coefficient (Wildman–Crippen LogP) is 1.88. The summed E-state index contributed by atoms with van der Waals surface area (Å²) in [5, 5.41) is 9.60. The Hall–Kier alpha value is -1.10. The van der Waals surface area contributed by atoms with Crippen LogP contribution in [0.4, 0.5) is 0 Å². The zero-order valence-electron chi connectivity index (χ0n) is 8.43. The zero-order chi connectivity index (χ0) is 11.5. The van der Waals surface area contributed by atoms with Crippen LogP contribution in [0.15, 0.2) is 24.3 Å². The molecule has 5 heteroatoms. The first-order chi connectivity index (χ1) is 7.68. The van der Waals surface area contributed by atoms with E-state index >= 15 is 0 Å². The summed E-state index contributed by atoms with van der Waals surface area (Å²) in [6.07, 6.45) is -1.52. The molecule has 1 aromatic rings. The summed E-state index contributed by atoms with van der Waals surface area (Å²) in [6, 6.07) is 6.90. The van der Waals surface area contributed by atoms with Crippen LogP contribution in [-0.4, -0.2) is 30.4 Å². The lowest BCUT2D eigenvalue weighted by atomic mass is 10.0. The molecule has 0 saturated carbocycles. The number of rotatable bonds is 2. The van der Waals surface area contributed by atoms with Gasteiger partial charge in [0.05, 0.1) is 13.2 Å². The monoisotopic (exact) mass is 242 g/mol. The van der Waals surface area contributed by atoms with Crippen molar-refractivity contribution in [2.24, 2.45) is 0 Å². The van der Waals surface area contributed by atoms with Gasteiger partial charge in [-0.2, -0.15) is 0 Å². The van der Waals surface area contributed by atoms with E-state index in [0.29, 0.717) is 18.2 Å². The second-order valence-electron chi connectivity index (χ2n) is 3.47. The van der Waals surface area contributed by atoms with Gasteiger partial charge >= 0.3 is 5.97 Å². The smallest absolute Gasteiger partial charge is 0.335 e. The summed E-state index contributed by atoms with van der Waals surface area (Å²) in [6.45, 7) is 0.706. The highest BCUT2D eigenvalue weighted by atomic mass is 35.5. The van der Waals surface area contributed by atoms with E-state index in [9.17, 15) is 4.79 Å². The molecule has 1 fully saturated rings. The van der Waals surface area contributed by atoms with Crippen molar-refractivity contribution < 1.29 is 19.4 Å². The molecule has 1 N–H and O–H groups in total. The molecule has 1 heterocycles. The molecule has 0 aliphatic carbocycles. The maximum Gasteiger partial charge on any atom is 0.335 e. The standard InChI is InChI=1S/C11H11ClO4/c12-8-3-1-7(2-4-8)9-10(11(13)14)16-6-5-15-9/h1-4,9-10H,5-6H2,(H,13,14)/t9-,10-/m0/s1. The lowest BCUT2D eigenvalue weighted by molar-refractivity contribution is -0.181.